The second-order valence-corrected chi connectivity index (χ2v) is 7.86. The number of hydrogen-bond donors (Lipinski definition) is 2. The highest BCUT2D eigenvalue weighted by molar-refractivity contribution is 5.96. The van der Waals surface area contributed by atoms with E-state index in [9.17, 15) is 9.90 Å². The number of aliphatic hydroxyl groups excluding tert-OH is 1. The third-order valence-corrected chi connectivity index (χ3v) is 6.69. The van der Waals surface area contributed by atoms with Gasteiger partial charge in [0.2, 0.25) is 0 Å². The van der Waals surface area contributed by atoms with E-state index in [4.69, 9.17) is 10.5 Å². The number of carbonyl (C=O) groups is 1. The number of rotatable bonds is 2. The maximum Gasteiger partial charge on any atom is 0.252 e. The highest BCUT2D eigenvalue weighted by Gasteiger charge is 2.50. The molecule has 0 aliphatic heterocycles. The van der Waals surface area contributed by atoms with Crippen molar-refractivity contribution < 1.29 is 14.6 Å². The van der Waals surface area contributed by atoms with Gasteiger partial charge in [-0.05, 0) is 72.1 Å². The molecular formula is C20H25NO3. The molecule has 128 valence electrons. The van der Waals surface area contributed by atoms with Crippen LogP contribution in [0, 0.1) is 17.3 Å². The molecule has 1 aromatic carbocycles. The number of methoxy groups -OCH3 is 1. The van der Waals surface area contributed by atoms with E-state index in [1.807, 2.05) is 6.07 Å². The first-order chi connectivity index (χ1) is 11.4. The number of hydrogen-bond acceptors (Lipinski definition) is 3. The minimum atomic E-state index is -0.534. The van der Waals surface area contributed by atoms with Gasteiger partial charge < -0.3 is 15.6 Å². The average Bonchev–Trinajstić information content (AvgIpc) is 2.96. The van der Waals surface area contributed by atoms with E-state index in [1.165, 1.54) is 6.42 Å². The minimum absolute atomic E-state index is 0.273. The molecule has 3 aliphatic carbocycles. The van der Waals surface area contributed by atoms with E-state index in [0.29, 0.717) is 29.1 Å². The zero-order chi connectivity index (χ0) is 17.1. The van der Waals surface area contributed by atoms with Gasteiger partial charge in [0.05, 0.1) is 18.8 Å². The van der Waals surface area contributed by atoms with Gasteiger partial charge in [0.15, 0.2) is 0 Å². The monoisotopic (exact) mass is 327 g/mol. The lowest BCUT2D eigenvalue weighted by Crippen LogP contribution is -2.40. The second kappa shape index (κ2) is 5.35. The summed E-state index contributed by atoms with van der Waals surface area (Å²) in [5, 5.41) is 10.8. The van der Waals surface area contributed by atoms with Crippen LogP contribution in [0.4, 0.5) is 0 Å². The summed E-state index contributed by atoms with van der Waals surface area (Å²) in [4.78, 5) is 11.7. The Balaban J connectivity index is 1.80. The normalized spacial score (nSPS) is 36.6. The predicted molar refractivity (Wildman–Crippen MR) is 91.9 cm³/mol. The van der Waals surface area contributed by atoms with Crippen molar-refractivity contribution in [1.82, 2.24) is 0 Å². The fourth-order valence-electron chi connectivity index (χ4n) is 5.45. The lowest BCUT2D eigenvalue weighted by molar-refractivity contribution is 0.0311. The molecule has 4 nitrogen and oxygen atoms in total. The molecule has 5 atom stereocenters. The van der Waals surface area contributed by atoms with Crippen LogP contribution in [0.25, 0.3) is 0 Å². The number of benzene rings is 1. The Morgan fingerprint density at radius 1 is 1.38 bits per heavy atom. The Bertz CT molecular complexity index is 726. The summed E-state index contributed by atoms with van der Waals surface area (Å²) in [6, 6.07) is 3.69. The van der Waals surface area contributed by atoms with E-state index in [1.54, 1.807) is 13.2 Å². The van der Waals surface area contributed by atoms with Gasteiger partial charge in [-0.1, -0.05) is 19.1 Å². The van der Waals surface area contributed by atoms with Crippen molar-refractivity contribution >= 4 is 5.91 Å². The first-order valence-corrected chi connectivity index (χ1v) is 8.82. The summed E-state index contributed by atoms with van der Waals surface area (Å²) in [6.45, 7) is 2.36. The molecule has 0 aromatic heterocycles. The smallest absolute Gasteiger partial charge is 0.252 e. The molecule has 1 fully saturated rings. The van der Waals surface area contributed by atoms with Crippen LogP contribution in [0.5, 0.6) is 5.75 Å². The molecule has 1 saturated carbocycles. The molecule has 24 heavy (non-hydrogen) atoms. The highest BCUT2D eigenvalue weighted by atomic mass is 16.5. The van der Waals surface area contributed by atoms with Crippen molar-refractivity contribution in [2.24, 2.45) is 23.0 Å². The van der Waals surface area contributed by atoms with Gasteiger partial charge >= 0.3 is 0 Å². The van der Waals surface area contributed by atoms with Crippen LogP contribution in [0.2, 0.25) is 0 Å². The average molecular weight is 327 g/mol. The fraction of sp³-hybridized carbons (Fsp3) is 0.550. The molecule has 0 bridgehead atoms. The number of amides is 1. The molecule has 4 heteroatoms. The Labute approximate surface area is 142 Å². The molecule has 3 aliphatic rings. The molecular weight excluding hydrogens is 302 g/mol. The summed E-state index contributed by atoms with van der Waals surface area (Å²) in [7, 11) is 1.56. The van der Waals surface area contributed by atoms with E-state index in [2.05, 4.69) is 19.1 Å². The van der Waals surface area contributed by atoms with E-state index in [0.717, 1.165) is 30.4 Å². The van der Waals surface area contributed by atoms with Gasteiger partial charge in [0.25, 0.3) is 5.91 Å². The number of primary amides is 1. The van der Waals surface area contributed by atoms with Crippen molar-refractivity contribution in [3.05, 3.63) is 41.0 Å². The van der Waals surface area contributed by atoms with Crippen LogP contribution in [0.15, 0.2) is 24.3 Å². The first-order valence-electron chi connectivity index (χ1n) is 8.82. The van der Waals surface area contributed by atoms with Gasteiger partial charge in [-0.3, -0.25) is 4.79 Å². The molecule has 3 N–H and O–H groups in total. The zero-order valence-electron chi connectivity index (χ0n) is 14.3. The Morgan fingerprint density at radius 2 is 2.17 bits per heavy atom. The summed E-state index contributed by atoms with van der Waals surface area (Å²) >= 11 is 0. The molecule has 1 aromatic rings. The Kier molecular flexibility index (Phi) is 3.50. The van der Waals surface area contributed by atoms with Crippen LogP contribution in [0.1, 0.15) is 66.1 Å². The van der Waals surface area contributed by atoms with Gasteiger partial charge in [0.1, 0.15) is 5.75 Å². The second-order valence-electron chi connectivity index (χ2n) is 7.86. The summed E-state index contributed by atoms with van der Waals surface area (Å²) in [6.07, 6.45) is 8.32. The van der Waals surface area contributed by atoms with Crippen LogP contribution in [-0.4, -0.2) is 18.1 Å². The Morgan fingerprint density at radius 3 is 2.88 bits per heavy atom. The number of allylic oxidation sites excluding steroid dienone is 2. The number of ether oxygens (including phenoxy) is 1. The quantitative estimate of drug-likeness (QED) is 0.819. The third-order valence-electron chi connectivity index (χ3n) is 6.69. The number of aliphatic hydroxyl groups is 1. The third kappa shape index (κ3) is 2.12. The molecule has 0 unspecified atom stereocenters. The van der Waals surface area contributed by atoms with Crippen LogP contribution >= 0.6 is 0 Å². The van der Waals surface area contributed by atoms with Crippen molar-refractivity contribution in [1.29, 1.82) is 0 Å². The van der Waals surface area contributed by atoms with Crippen molar-refractivity contribution in [2.75, 3.05) is 7.11 Å². The van der Waals surface area contributed by atoms with Gasteiger partial charge in [-0.2, -0.15) is 0 Å². The van der Waals surface area contributed by atoms with Gasteiger partial charge in [-0.25, -0.2) is 0 Å². The molecule has 4 rings (SSSR count). The zero-order valence-corrected chi connectivity index (χ0v) is 14.3. The largest absolute Gasteiger partial charge is 0.496 e. The van der Waals surface area contributed by atoms with Crippen molar-refractivity contribution in [3.63, 3.8) is 0 Å². The maximum atomic E-state index is 11.7. The van der Waals surface area contributed by atoms with E-state index in [-0.39, 0.29) is 5.41 Å². The van der Waals surface area contributed by atoms with Crippen LogP contribution in [0.3, 0.4) is 0 Å². The first kappa shape index (κ1) is 15.7. The van der Waals surface area contributed by atoms with E-state index >= 15 is 0 Å². The Hall–Kier alpha value is -1.81. The van der Waals surface area contributed by atoms with Gasteiger partial charge in [-0.15, -0.1) is 0 Å². The summed E-state index contributed by atoms with van der Waals surface area (Å²) in [5.74, 6) is 1.51. The number of carbonyl (C=O) groups excluding carboxylic acids is 1. The number of nitrogens with two attached hydrogens (primary N) is 1. The van der Waals surface area contributed by atoms with E-state index < -0.39 is 12.0 Å². The molecule has 1 amide bonds. The van der Waals surface area contributed by atoms with Gasteiger partial charge in [0, 0.05) is 0 Å². The standard InChI is InChI=1S/C20H25NO3/c1-20-6-3-4-16(20)13-9-17(22)14-8-15(19(21)23)18(24-2)10-12(14)11(13)5-7-20/h3,6,8,10-11,13,16-17,22H,4-5,7,9H2,1-2H3,(H2,21,23)/t11-,13-,16+,17-,20+/m1/s1. The SMILES string of the molecule is COc1cc2c(cc1C(N)=O)[C@H](O)C[C@@H]1[C@@H]2CC[C@]2(C)C=CC[C@@H]12. The number of fused-ring (bicyclic) bond motifs is 5. The lowest BCUT2D eigenvalue weighted by atomic mass is 9.55. The molecule has 0 radical (unpaired) electrons. The van der Waals surface area contributed by atoms with Crippen molar-refractivity contribution in [2.45, 2.75) is 44.6 Å². The molecule has 0 heterocycles. The topological polar surface area (TPSA) is 72.5 Å². The van der Waals surface area contributed by atoms with Crippen LogP contribution < -0.4 is 10.5 Å². The predicted octanol–water partition coefficient (Wildman–Crippen LogP) is 3.31. The highest BCUT2D eigenvalue weighted by Crippen LogP contribution is 2.60. The van der Waals surface area contributed by atoms with Crippen molar-refractivity contribution in [3.8, 4) is 5.75 Å². The fourth-order valence-corrected chi connectivity index (χ4v) is 5.45. The minimum Gasteiger partial charge on any atom is -0.496 e. The van der Waals surface area contributed by atoms with Crippen LogP contribution in [-0.2, 0) is 0 Å². The summed E-state index contributed by atoms with van der Waals surface area (Å²) in [5.41, 5.74) is 8.12. The lowest BCUT2D eigenvalue weighted by Gasteiger charge is -2.50. The maximum absolute atomic E-state index is 11.7. The summed E-state index contributed by atoms with van der Waals surface area (Å²) < 4.78 is 5.40. The molecule has 0 saturated heterocycles. The molecule has 0 spiro atoms.